The highest BCUT2D eigenvalue weighted by Crippen LogP contribution is 2.21. The minimum atomic E-state index is -1.02. The van der Waals surface area contributed by atoms with Crippen LogP contribution in [0.25, 0.3) is 0 Å². The number of hydrogen-bond donors (Lipinski definition) is 2. The maximum Gasteiger partial charge on any atom is 0.409 e. The van der Waals surface area contributed by atoms with Gasteiger partial charge in [0.15, 0.2) is 0 Å². The normalized spacial score (nSPS) is 12.1. The fourth-order valence-electron chi connectivity index (χ4n) is 1.28. The van der Waals surface area contributed by atoms with Gasteiger partial charge in [-0.05, 0) is 30.0 Å². The van der Waals surface area contributed by atoms with E-state index in [2.05, 4.69) is 19.2 Å². The predicted octanol–water partition coefficient (Wildman–Crippen LogP) is 3.29. The Morgan fingerprint density at radius 3 is 2.86 bits per heavy atom. The zero-order valence-electron chi connectivity index (χ0n) is 8.45. The average molecular weight is 193 g/mol. The van der Waals surface area contributed by atoms with Crippen LogP contribution in [-0.4, -0.2) is 11.2 Å². The van der Waals surface area contributed by atoms with Crippen LogP contribution in [0.2, 0.25) is 0 Å². The van der Waals surface area contributed by atoms with Gasteiger partial charge in [-0.15, -0.1) is 0 Å². The average Bonchev–Trinajstić information content (AvgIpc) is 2.16. The summed E-state index contributed by atoms with van der Waals surface area (Å²) in [7, 11) is 0. The van der Waals surface area contributed by atoms with E-state index in [1.807, 2.05) is 18.2 Å². The highest BCUT2D eigenvalue weighted by atomic mass is 16.4. The molecule has 0 aromatic heterocycles. The molecule has 0 spiro atoms. The van der Waals surface area contributed by atoms with Crippen molar-refractivity contribution in [3.63, 3.8) is 0 Å². The number of hydrogen-bond acceptors (Lipinski definition) is 1. The van der Waals surface area contributed by atoms with Crippen molar-refractivity contribution < 1.29 is 9.90 Å². The van der Waals surface area contributed by atoms with Gasteiger partial charge in [0, 0.05) is 5.69 Å². The van der Waals surface area contributed by atoms with Gasteiger partial charge in [0.2, 0.25) is 0 Å². The largest absolute Gasteiger partial charge is 0.465 e. The standard InChI is InChI=1S/C11H15NO2/c1-3-8(2)9-5-4-6-10(7-9)12-11(13)14/h4-8,12H,3H2,1-2H3,(H,13,14). The quantitative estimate of drug-likeness (QED) is 0.773. The Bertz CT molecular complexity index is 323. The van der Waals surface area contributed by atoms with Crippen LogP contribution in [0, 0.1) is 0 Å². The molecular formula is C11H15NO2. The molecule has 0 aliphatic heterocycles. The van der Waals surface area contributed by atoms with Crippen LogP contribution >= 0.6 is 0 Å². The van der Waals surface area contributed by atoms with Crippen LogP contribution in [0.4, 0.5) is 10.5 Å². The molecule has 1 rings (SSSR count). The van der Waals surface area contributed by atoms with Gasteiger partial charge in [-0.1, -0.05) is 26.0 Å². The summed E-state index contributed by atoms with van der Waals surface area (Å²) in [6.45, 7) is 4.24. The highest BCUT2D eigenvalue weighted by Gasteiger charge is 2.04. The molecular weight excluding hydrogens is 178 g/mol. The Morgan fingerprint density at radius 1 is 1.57 bits per heavy atom. The van der Waals surface area contributed by atoms with E-state index in [1.165, 1.54) is 5.56 Å². The Hall–Kier alpha value is -1.51. The monoisotopic (exact) mass is 193 g/mol. The fraction of sp³-hybridized carbons (Fsp3) is 0.364. The van der Waals surface area contributed by atoms with E-state index in [0.717, 1.165) is 6.42 Å². The molecule has 0 aliphatic rings. The van der Waals surface area contributed by atoms with Gasteiger partial charge in [0.05, 0.1) is 0 Å². The highest BCUT2D eigenvalue weighted by molar-refractivity contribution is 5.82. The van der Waals surface area contributed by atoms with Gasteiger partial charge in [-0.3, -0.25) is 5.32 Å². The van der Waals surface area contributed by atoms with E-state index in [1.54, 1.807) is 6.07 Å². The topological polar surface area (TPSA) is 49.3 Å². The second-order valence-corrected chi connectivity index (χ2v) is 3.36. The number of anilines is 1. The van der Waals surface area contributed by atoms with E-state index in [4.69, 9.17) is 5.11 Å². The van der Waals surface area contributed by atoms with Gasteiger partial charge in [-0.2, -0.15) is 0 Å². The first-order chi connectivity index (χ1) is 6.63. The van der Waals surface area contributed by atoms with Crippen molar-refractivity contribution >= 4 is 11.8 Å². The summed E-state index contributed by atoms with van der Waals surface area (Å²) in [4.78, 5) is 10.4. The molecule has 0 saturated carbocycles. The third-order valence-electron chi connectivity index (χ3n) is 2.32. The van der Waals surface area contributed by atoms with Crippen LogP contribution in [0.5, 0.6) is 0 Å². The second kappa shape index (κ2) is 4.65. The lowest BCUT2D eigenvalue weighted by Gasteiger charge is -2.10. The number of carboxylic acid groups (broad SMARTS) is 1. The molecule has 1 aromatic rings. The van der Waals surface area contributed by atoms with Crippen molar-refractivity contribution in [2.75, 3.05) is 5.32 Å². The third-order valence-corrected chi connectivity index (χ3v) is 2.32. The molecule has 1 aromatic carbocycles. The summed E-state index contributed by atoms with van der Waals surface area (Å²) in [5.74, 6) is 0.463. The summed E-state index contributed by atoms with van der Waals surface area (Å²) in [6, 6.07) is 7.51. The number of carbonyl (C=O) groups is 1. The molecule has 0 bridgehead atoms. The smallest absolute Gasteiger partial charge is 0.409 e. The van der Waals surface area contributed by atoms with Gasteiger partial charge in [0.25, 0.3) is 0 Å². The molecule has 1 unspecified atom stereocenters. The first-order valence-electron chi connectivity index (χ1n) is 4.73. The van der Waals surface area contributed by atoms with Crippen molar-refractivity contribution in [2.45, 2.75) is 26.2 Å². The molecule has 2 N–H and O–H groups in total. The number of nitrogens with one attached hydrogen (secondary N) is 1. The summed E-state index contributed by atoms with van der Waals surface area (Å²) in [5, 5.41) is 10.9. The van der Waals surface area contributed by atoms with Crippen molar-refractivity contribution in [1.29, 1.82) is 0 Å². The maximum atomic E-state index is 10.4. The summed E-state index contributed by atoms with van der Waals surface area (Å²) < 4.78 is 0. The SMILES string of the molecule is CCC(C)c1cccc(NC(=O)O)c1. The first kappa shape index (κ1) is 10.6. The number of amides is 1. The fourth-order valence-corrected chi connectivity index (χ4v) is 1.28. The minimum absolute atomic E-state index is 0.463. The van der Waals surface area contributed by atoms with Crippen LogP contribution in [0.15, 0.2) is 24.3 Å². The number of benzene rings is 1. The van der Waals surface area contributed by atoms with Crippen molar-refractivity contribution in [2.24, 2.45) is 0 Å². The summed E-state index contributed by atoms with van der Waals surface area (Å²) in [5.41, 5.74) is 1.80. The van der Waals surface area contributed by atoms with Crippen LogP contribution in [0.1, 0.15) is 31.7 Å². The van der Waals surface area contributed by atoms with Gasteiger partial charge in [-0.25, -0.2) is 4.79 Å². The molecule has 0 fully saturated rings. The van der Waals surface area contributed by atoms with Crippen molar-refractivity contribution in [3.05, 3.63) is 29.8 Å². The Morgan fingerprint density at radius 2 is 2.29 bits per heavy atom. The van der Waals surface area contributed by atoms with E-state index >= 15 is 0 Å². The molecule has 14 heavy (non-hydrogen) atoms. The Kier molecular flexibility index (Phi) is 3.51. The van der Waals surface area contributed by atoms with E-state index < -0.39 is 6.09 Å². The zero-order valence-corrected chi connectivity index (χ0v) is 8.45. The lowest BCUT2D eigenvalue weighted by molar-refractivity contribution is 0.210. The van der Waals surface area contributed by atoms with Gasteiger partial charge in [0.1, 0.15) is 0 Å². The molecule has 1 atom stereocenters. The van der Waals surface area contributed by atoms with Crippen molar-refractivity contribution in [3.8, 4) is 0 Å². The molecule has 3 nitrogen and oxygen atoms in total. The molecule has 0 aliphatic carbocycles. The number of rotatable bonds is 3. The van der Waals surface area contributed by atoms with Gasteiger partial charge >= 0.3 is 6.09 Å². The first-order valence-corrected chi connectivity index (χ1v) is 4.73. The molecule has 1 amide bonds. The van der Waals surface area contributed by atoms with Crippen LogP contribution < -0.4 is 5.32 Å². The van der Waals surface area contributed by atoms with E-state index in [-0.39, 0.29) is 0 Å². The Labute approximate surface area is 83.8 Å². The predicted molar refractivity (Wildman–Crippen MR) is 56.8 cm³/mol. The molecule has 0 heterocycles. The molecule has 76 valence electrons. The molecule has 3 heteroatoms. The van der Waals surface area contributed by atoms with Gasteiger partial charge < -0.3 is 5.11 Å². The maximum absolute atomic E-state index is 10.4. The molecule has 0 radical (unpaired) electrons. The third kappa shape index (κ3) is 2.76. The van der Waals surface area contributed by atoms with Crippen LogP contribution in [-0.2, 0) is 0 Å². The van der Waals surface area contributed by atoms with E-state index in [9.17, 15) is 4.79 Å². The minimum Gasteiger partial charge on any atom is -0.465 e. The summed E-state index contributed by atoms with van der Waals surface area (Å²) >= 11 is 0. The van der Waals surface area contributed by atoms with Crippen molar-refractivity contribution in [1.82, 2.24) is 0 Å². The summed E-state index contributed by atoms with van der Waals surface area (Å²) in [6.07, 6.45) is 0.0302. The lowest BCUT2D eigenvalue weighted by Crippen LogP contribution is -2.07. The lowest BCUT2D eigenvalue weighted by atomic mass is 9.98. The zero-order chi connectivity index (χ0) is 10.6. The Balaban J connectivity index is 2.83. The second-order valence-electron chi connectivity index (χ2n) is 3.36. The van der Waals surface area contributed by atoms with Crippen LogP contribution in [0.3, 0.4) is 0 Å². The van der Waals surface area contributed by atoms with E-state index in [0.29, 0.717) is 11.6 Å². The molecule has 0 saturated heterocycles.